The van der Waals surface area contributed by atoms with Crippen LogP contribution in [0.1, 0.15) is 45.7 Å². The van der Waals surface area contributed by atoms with Crippen molar-refractivity contribution in [3.8, 4) is 10.8 Å². The number of aliphatic imine (C=N–C) groups is 1. The molecule has 2 aromatic heterocycles. The van der Waals surface area contributed by atoms with Crippen molar-refractivity contribution in [3.05, 3.63) is 86.8 Å². The lowest BCUT2D eigenvalue weighted by atomic mass is 9.99. The molecule has 0 saturated heterocycles. The van der Waals surface area contributed by atoms with Crippen LogP contribution in [-0.2, 0) is 33.2 Å². The standard InChI is InChI=1S/C39H51ClN6O8S/c1-27-28(2)55-39-36(27)37(30-4-6-31(40)7-5-30)43-34(38-45-44-29(3)46(38)39)26-35(47)42-32-8-10-33(11-9-32)54-25-24-53-23-22-52-21-20-51-19-18-50-17-16-49-15-14-48-13-12-41/h4-11,34H,12-26,41H2,1-3H3,(H,42,47)/t34-/m0/s1. The molecule has 0 fully saturated rings. The minimum Gasteiger partial charge on any atom is -0.491 e. The monoisotopic (exact) mass is 798 g/mol. The summed E-state index contributed by atoms with van der Waals surface area (Å²) >= 11 is 7.90. The zero-order valence-corrected chi connectivity index (χ0v) is 33.3. The van der Waals surface area contributed by atoms with Crippen molar-refractivity contribution in [2.24, 2.45) is 10.7 Å². The van der Waals surface area contributed by atoms with E-state index in [0.717, 1.165) is 33.2 Å². The van der Waals surface area contributed by atoms with Gasteiger partial charge in [-0.3, -0.25) is 14.4 Å². The molecule has 0 aliphatic carbocycles. The first kappa shape index (κ1) is 42.4. The number of rotatable bonds is 25. The maximum atomic E-state index is 13.4. The Hall–Kier alpha value is -3.77. The molecular weight excluding hydrogens is 748 g/mol. The van der Waals surface area contributed by atoms with Gasteiger partial charge in [0.05, 0.1) is 91.4 Å². The predicted molar refractivity (Wildman–Crippen MR) is 212 cm³/mol. The van der Waals surface area contributed by atoms with Crippen molar-refractivity contribution in [2.75, 3.05) is 97.8 Å². The molecule has 1 atom stereocenters. The summed E-state index contributed by atoms with van der Waals surface area (Å²) in [7, 11) is 0. The van der Waals surface area contributed by atoms with Gasteiger partial charge in [0.15, 0.2) is 5.82 Å². The van der Waals surface area contributed by atoms with Gasteiger partial charge in [-0.25, -0.2) is 0 Å². The summed E-state index contributed by atoms with van der Waals surface area (Å²) in [6.07, 6.45) is 0.0771. The van der Waals surface area contributed by atoms with Crippen molar-refractivity contribution in [2.45, 2.75) is 33.2 Å². The van der Waals surface area contributed by atoms with Crippen LogP contribution >= 0.6 is 22.9 Å². The second kappa shape index (κ2) is 22.7. The Morgan fingerprint density at radius 3 is 1.87 bits per heavy atom. The molecule has 0 spiro atoms. The number of ether oxygens (including phenoxy) is 7. The molecule has 0 unspecified atom stereocenters. The third-order valence-corrected chi connectivity index (χ3v) is 9.94. The van der Waals surface area contributed by atoms with Crippen LogP contribution in [0.3, 0.4) is 0 Å². The van der Waals surface area contributed by atoms with E-state index in [4.69, 9.17) is 55.5 Å². The van der Waals surface area contributed by atoms with E-state index in [0.29, 0.717) is 115 Å². The molecule has 298 valence electrons. The summed E-state index contributed by atoms with van der Waals surface area (Å²) in [6, 6.07) is 14.3. The topological polar surface area (TPSA) is 163 Å². The smallest absolute Gasteiger partial charge is 0.227 e. The molecule has 3 N–H and O–H groups in total. The number of nitrogens with zero attached hydrogens (tertiary/aromatic N) is 4. The van der Waals surface area contributed by atoms with Crippen molar-refractivity contribution in [3.63, 3.8) is 0 Å². The van der Waals surface area contributed by atoms with Crippen LogP contribution in [0.5, 0.6) is 5.75 Å². The molecule has 14 nitrogen and oxygen atoms in total. The molecule has 0 saturated carbocycles. The number of aromatic nitrogens is 3. The number of aryl methyl sites for hydroxylation is 2. The summed E-state index contributed by atoms with van der Waals surface area (Å²) < 4.78 is 40.6. The number of fused-ring (bicyclic) bond motifs is 3. The number of carbonyl (C=O) groups excluding carboxylic acids is 1. The van der Waals surface area contributed by atoms with E-state index in [1.807, 2.05) is 47.9 Å². The average molecular weight is 799 g/mol. The Morgan fingerprint density at radius 1 is 0.764 bits per heavy atom. The van der Waals surface area contributed by atoms with E-state index in [9.17, 15) is 4.79 Å². The van der Waals surface area contributed by atoms with Gasteiger partial charge >= 0.3 is 0 Å². The molecule has 1 amide bonds. The third-order valence-electron chi connectivity index (χ3n) is 8.49. The third kappa shape index (κ3) is 12.9. The zero-order chi connectivity index (χ0) is 38.8. The first-order valence-electron chi connectivity index (χ1n) is 18.4. The number of carbonyl (C=O) groups is 1. The number of hydrogen-bond donors (Lipinski definition) is 2. The molecule has 1 aliphatic rings. The lowest BCUT2D eigenvalue weighted by molar-refractivity contribution is -0.116. The quantitative estimate of drug-likeness (QED) is 0.0841. The normalized spacial score (nSPS) is 13.6. The van der Waals surface area contributed by atoms with Crippen molar-refractivity contribution in [1.29, 1.82) is 0 Å². The molecule has 55 heavy (non-hydrogen) atoms. The second-order valence-electron chi connectivity index (χ2n) is 12.5. The van der Waals surface area contributed by atoms with Crippen molar-refractivity contribution < 1.29 is 38.0 Å². The summed E-state index contributed by atoms with van der Waals surface area (Å²) in [5.41, 5.74) is 9.87. The fraction of sp³-hybridized carbons (Fsp3) is 0.487. The molecule has 16 heteroatoms. The number of nitrogens with two attached hydrogens (primary N) is 1. The van der Waals surface area contributed by atoms with Gasteiger partial charge in [-0.15, -0.1) is 21.5 Å². The number of benzene rings is 2. The molecule has 2 aromatic carbocycles. The summed E-state index contributed by atoms with van der Waals surface area (Å²) in [4.78, 5) is 19.8. The Labute approximate surface area is 331 Å². The highest BCUT2D eigenvalue weighted by Gasteiger charge is 2.32. The second-order valence-corrected chi connectivity index (χ2v) is 14.1. The number of nitrogens with one attached hydrogen (secondary N) is 1. The van der Waals surface area contributed by atoms with E-state index in [-0.39, 0.29) is 12.3 Å². The first-order valence-corrected chi connectivity index (χ1v) is 19.6. The number of amides is 1. The predicted octanol–water partition coefficient (Wildman–Crippen LogP) is 5.27. The molecule has 0 radical (unpaired) electrons. The van der Waals surface area contributed by atoms with Crippen LogP contribution in [0.4, 0.5) is 5.69 Å². The number of halogens is 1. The number of anilines is 1. The van der Waals surface area contributed by atoms with Gasteiger partial charge in [-0.2, -0.15) is 0 Å². The van der Waals surface area contributed by atoms with Gasteiger partial charge in [0.1, 0.15) is 29.2 Å². The summed E-state index contributed by atoms with van der Waals surface area (Å²) in [5, 5.41) is 13.5. The van der Waals surface area contributed by atoms with Crippen LogP contribution in [-0.4, -0.2) is 119 Å². The van der Waals surface area contributed by atoms with Gasteiger partial charge in [-0.1, -0.05) is 23.7 Å². The highest BCUT2D eigenvalue weighted by Crippen LogP contribution is 2.39. The van der Waals surface area contributed by atoms with Crippen LogP contribution in [0.25, 0.3) is 5.00 Å². The minimum atomic E-state index is -0.562. The summed E-state index contributed by atoms with van der Waals surface area (Å²) in [5.74, 6) is 1.84. The minimum absolute atomic E-state index is 0.0771. The Morgan fingerprint density at radius 2 is 1.31 bits per heavy atom. The van der Waals surface area contributed by atoms with E-state index in [2.05, 4.69) is 29.4 Å². The van der Waals surface area contributed by atoms with E-state index in [1.165, 1.54) is 4.88 Å². The molecule has 5 rings (SSSR count). The van der Waals surface area contributed by atoms with Gasteiger partial charge in [0.2, 0.25) is 5.91 Å². The Kier molecular flexibility index (Phi) is 17.5. The highest BCUT2D eigenvalue weighted by atomic mass is 35.5. The molecular formula is C39H51ClN6O8S. The van der Waals surface area contributed by atoms with Crippen molar-refractivity contribution in [1.82, 2.24) is 14.8 Å². The van der Waals surface area contributed by atoms with Crippen LogP contribution < -0.4 is 15.8 Å². The van der Waals surface area contributed by atoms with Crippen LogP contribution in [0.2, 0.25) is 5.02 Å². The zero-order valence-electron chi connectivity index (χ0n) is 31.7. The van der Waals surface area contributed by atoms with Crippen LogP contribution in [0, 0.1) is 20.8 Å². The number of hydrogen-bond acceptors (Lipinski definition) is 13. The fourth-order valence-corrected chi connectivity index (χ4v) is 7.00. The van der Waals surface area contributed by atoms with Gasteiger partial charge in [0.25, 0.3) is 0 Å². The largest absolute Gasteiger partial charge is 0.491 e. The maximum absolute atomic E-state index is 13.4. The Bertz CT molecular complexity index is 1800. The van der Waals surface area contributed by atoms with E-state index in [1.54, 1.807) is 23.5 Å². The van der Waals surface area contributed by atoms with E-state index < -0.39 is 6.04 Å². The lowest BCUT2D eigenvalue weighted by Crippen LogP contribution is -2.17. The van der Waals surface area contributed by atoms with E-state index >= 15 is 0 Å². The molecule has 0 bridgehead atoms. The number of thiophene rings is 1. The summed E-state index contributed by atoms with van der Waals surface area (Å²) in [6.45, 7) is 12.9. The average Bonchev–Trinajstić information content (AvgIpc) is 3.66. The van der Waals surface area contributed by atoms with Crippen molar-refractivity contribution >= 4 is 40.2 Å². The SMILES string of the molecule is Cc1sc2c(c1C)C(c1ccc(Cl)cc1)=N[C@@H](CC(=O)Nc1ccc(OCCOCCOCCOCCOCCOCCOCCN)cc1)c1nnc(C)n1-2. The van der Waals surface area contributed by atoms with Gasteiger partial charge in [0, 0.05) is 33.3 Å². The van der Waals surface area contributed by atoms with Gasteiger partial charge < -0.3 is 44.2 Å². The lowest BCUT2D eigenvalue weighted by Gasteiger charge is -2.13. The van der Waals surface area contributed by atoms with Crippen LogP contribution in [0.15, 0.2) is 53.5 Å². The maximum Gasteiger partial charge on any atom is 0.227 e. The van der Waals surface area contributed by atoms with Gasteiger partial charge in [-0.05, 0) is 62.7 Å². The molecule has 1 aliphatic heterocycles. The Balaban J connectivity index is 0.982. The first-order chi connectivity index (χ1) is 26.9. The fourth-order valence-electron chi connectivity index (χ4n) is 5.66. The highest BCUT2D eigenvalue weighted by molar-refractivity contribution is 7.15. The molecule has 4 aromatic rings. The molecule has 3 heterocycles.